The number of aromatic nitrogens is 1. The Bertz CT molecular complexity index is 452. The van der Waals surface area contributed by atoms with E-state index in [2.05, 4.69) is 59.2 Å². The van der Waals surface area contributed by atoms with Crippen LogP contribution in [-0.4, -0.2) is 24.5 Å². The summed E-state index contributed by atoms with van der Waals surface area (Å²) in [5, 5.41) is 5.97. The summed E-state index contributed by atoms with van der Waals surface area (Å²) in [5.41, 5.74) is 0.563. The topological polar surface area (TPSA) is 54.0 Å². The van der Waals surface area contributed by atoms with E-state index in [1.54, 1.807) is 19.3 Å². The lowest BCUT2D eigenvalue weighted by atomic mass is 9.85. The molecule has 1 aromatic heterocycles. The molecule has 0 aromatic carbocycles. The molecule has 0 spiro atoms. The maximum absolute atomic E-state index is 12.3. The lowest BCUT2D eigenvalue weighted by molar-refractivity contribution is 0.0937. The fourth-order valence-electron chi connectivity index (χ4n) is 2.36. The minimum Gasteiger partial charge on any atom is -0.372 e. The van der Waals surface area contributed by atoms with E-state index in [1.165, 1.54) is 0 Å². The predicted octanol–water partition coefficient (Wildman–Crippen LogP) is 3.54. The number of carbonyl (C=O) groups is 1. The number of rotatable bonds is 6. The quantitative estimate of drug-likeness (QED) is 0.831. The number of halogens is 1. The van der Waals surface area contributed by atoms with Crippen molar-refractivity contribution in [2.75, 3.05) is 18.9 Å². The fourth-order valence-corrected chi connectivity index (χ4v) is 2.69. The van der Waals surface area contributed by atoms with Crippen LogP contribution < -0.4 is 10.6 Å². The third kappa shape index (κ3) is 4.47. The SMILES string of the molecule is CNc1ncc(Br)cc1C(=O)NCC(C(C)C)C(C)C. The van der Waals surface area contributed by atoms with E-state index in [-0.39, 0.29) is 5.91 Å². The van der Waals surface area contributed by atoms with Crippen molar-refractivity contribution in [2.45, 2.75) is 27.7 Å². The Balaban J connectivity index is 2.79. The molecule has 0 fully saturated rings. The predicted molar refractivity (Wildman–Crippen MR) is 87.0 cm³/mol. The van der Waals surface area contributed by atoms with Crippen LogP contribution in [0.25, 0.3) is 0 Å². The molecule has 112 valence electrons. The summed E-state index contributed by atoms with van der Waals surface area (Å²) in [6.45, 7) is 9.45. The largest absolute Gasteiger partial charge is 0.372 e. The molecule has 1 rings (SSSR count). The molecular formula is C15H24BrN3O. The van der Waals surface area contributed by atoms with E-state index in [0.29, 0.717) is 35.7 Å². The van der Waals surface area contributed by atoms with E-state index in [9.17, 15) is 4.79 Å². The normalized spacial score (nSPS) is 11.2. The number of anilines is 1. The molecule has 0 aliphatic heterocycles. The molecule has 1 heterocycles. The highest BCUT2D eigenvalue weighted by Crippen LogP contribution is 2.21. The van der Waals surface area contributed by atoms with Gasteiger partial charge in [0.1, 0.15) is 5.82 Å². The zero-order valence-electron chi connectivity index (χ0n) is 12.8. The van der Waals surface area contributed by atoms with Crippen molar-refractivity contribution in [2.24, 2.45) is 17.8 Å². The number of hydrogen-bond acceptors (Lipinski definition) is 3. The maximum Gasteiger partial charge on any atom is 0.255 e. The zero-order chi connectivity index (χ0) is 15.3. The number of amides is 1. The van der Waals surface area contributed by atoms with Gasteiger partial charge in [-0.3, -0.25) is 4.79 Å². The summed E-state index contributed by atoms with van der Waals surface area (Å²) in [4.78, 5) is 16.5. The van der Waals surface area contributed by atoms with Crippen LogP contribution in [0.2, 0.25) is 0 Å². The Hall–Kier alpha value is -1.10. The Labute approximate surface area is 129 Å². The Morgan fingerprint density at radius 3 is 2.40 bits per heavy atom. The second-order valence-corrected chi connectivity index (χ2v) is 6.58. The van der Waals surface area contributed by atoms with Gasteiger partial charge in [-0.1, -0.05) is 27.7 Å². The van der Waals surface area contributed by atoms with Crippen LogP contribution in [0, 0.1) is 17.8 Å². The van der Waals surface area contributed by atoms with Crippen molar-refractivity contribution in [3.63, 3.8) is 0 Å². The lowest BCUT2D eigenvalue weighted by Gasteiger charge is -2.25. The standard InChI is InChI=1S/C15H24BrN3O/c1-9(2)13(10(3)4)8-19-15(20)12-6-11(16)7-18-14(12)17-5/h6-7,9-10,13H,8H2,1-5H3,(H,17,18)(H,19,20). The van der Waals surface area contributed by atoms with Gasteiger partial charge in [-0.25, -0.2) is 4.98 Å². The minimum absolute atomic E-state index is 0.0885. The first kappa shape index (κ1) is 17.0. The first-order valence-electron chi connectivity index (χ1n) is 6.98. The summed E-state index contributed by atoms with van der Waals surface area (Å²) >= 11 is 3.35. The summed E-state index contributed by atoms with van der Waals surface area (Å²) in [7, 11) is 1.76. The lowest BCUT2D eigenvalue weighted by Crippen LogP contribution is -2.34. The van der Waals surface area contributed by atoms with E-state index in [0.717, 1.165) is 4.47 Å². The number of nitrogens with zero attached hydrogens (tertiary/aromatic N) is 1. The summed E-state index contributed by atoms with van der Waals surface area (Å²) in [5.74, 6) is 2.06. The first-order chi connectivity index (χ1) is 9.36. The molecule has 0 unspecified atom stereocenters. The summed E-state index contributed by atoms with van der Waals surface area (Å²) in [6, 6.07) is 1.79. The van der Waals surface area contributed by atoms with E-state index >= 15 is 0 Å². The zero-order valence-corrected chi connectivity index (χ0v) is 14.4. The molecule has 0 saturated heterocycles. The third-order valence-corrected chi connectivity index (χ3v) is 3.98. The molecule has 0 radical (unpaired) electrons. The molecule has 4 nitrogen and oxygen atoms in total. The fraction of sp³-hybridized carbons (Fsp3) is 0.600. The summed E-state index contributed by atoms with van der Waals surface area (Å²) in [6.07, 6.45) is 1.67. The van der Waals surface area contributed by atoms with Crippen LogP contribution in [0.4, 0.5) is 5.82 Å². The van der Waals surface area contributed by atoms with Gasteiger partial charge in [0, 0.05) is 24.3 Å². The van der Waals surface area contributed by atoms with Gasteiger partial charge in [-0.2, -0.15) is 0 Å². The van der Waals surface area contributed by atoms with Gasteiger partial charge in [0.15, 0.2) is 0 Å². The highest BCUT2D eigenvalue weighted by atomic mass is 79.9. The van der Waals surface area contributed by atoms with Crippen molar-refractivity contribution < 1.29 is 4.79 Å². The monoisotopic (exact) mass is 341 g/mol. The highest BCUT2D eigenvalue weighted by molar-refractivity contribution is 9.10. The van der Waals surface area contributed by atoms with Crippen molar-refractivity contribution >= 4 is 27.7 Å². The van der Waals surface area contributed by atoms with Gasteiger partial charge in [-0.15, -0.1) is 0 Å². The Morgan fingerprint density at radius 2 is 1.90 bits per heavy atom. The second kappa shape index (κ2) is 7.62. The van der Waals surface area contributed by atoms with Crippen molar-refractivity contribution in [1.82, 2.24) is 10.3 Å². The molecule has 20 heavy (non-hydrogen) atoms. The molecule has 0 bridgehead atoms. The maximum atomic E-state index is 12.3. The van der Waals surface area contributed by atoms with Crippen LogP contribution in [0.5, 0.6) is 0 Å². The van der Waals surface area contributed by atoms with Gasteiger partial charge in [-0.05, 0) is 39.8 Å². The van der Waals surface area contributed by atoms with Crippen LogP contribution in [-0.2, 0) is 0 Å². The van der Waals surface area contributed by atoms with Crippen LogP contribution in [0.15, 0.2) is 16.7 Å². The molecule has 5 heteroatoms. The van der Waals surface area contributed by atoms with Crippen LogP contribution >= 0.6 is 15.9 Å². The molecule has 1 aromatic rings. The van der Waals surface area contributed by atoms with Gasteiger partial charge < -0.3 is 10.6 Å². The third-order valence-electron chi connectivity index (χ3n) is 3.55. The van der Waals surface area contributed by atoms with Gasteiger partial charge in [0.2, 0.25) is 0 Å². The molecule has 0 saturated carbocycles. The number of pyridine rings is 1. The molecular weight excluding hydrogens is 318 g/mol. The molecule has 0 aliphatic rings. The Kier molecular flexibility index (Phi) is 6.46. The van der Waals surface area contributed by atoms with Crippen molar-refractivity contribution in [1.29, 1.82) is 0 Å². The van der Waals surface area contributed by atoms with Crippen LogP contribution in [0.3, 0.4) is 0 Å². The molecule has 0 aliphatic carbocycles. The van der Waals surface area contributed by atoms with Gasteiger partial charge in [0.25, 0.3) is 5.91 Å². The molecule has 2 N–H and O–H groups in total. The van der Waals surface area contributed by atoms with Gasteiger partial charge >= 0.3 is 0 Å². The summed E-state index contributed by atoms with van der Waals surface area (Å²) < 4.78 is 0.797. The van der Waals surface area contributed by atoms with Crippen molar-refractivity contribution in [3.8, 4) is 0 Å². The minimum atomic E-state index is -0.0885. The molecule has 0 atom stereocenters. The highest BCUT2D eigenvalue weighted by Gasteiger charge is 2.19. The Morgan fingerprint density at radius 1 is 1.30 bits per heavy atom. The van der Waals surface area contributed by atoms with Crippen molar-refractivity contribution in [3.05, 3.63) is 22.3 Å². The number of hydrogen-bond donors (Lipinski definition) is 2. The van der Waals surface area contributed by atoms with Crippen LogP contribution in [0.1, 0.15) is 38.1 Å². The van der Waals surface area contributed by atoms with E-state index in [1.807, 2.05) is 0 Å². The second-order valence-electron chi connectivity index (χ2n) is 5.66. The van der Waals surface area contributed by atoms with E-state index in [4.69, 9.17) is 0 Å². The smallest absolute Gasteiger partial charge is 0.255 e. The number of nitrogens with one attached hydrogen (secondary N) is 2. The average molecular weight is 342 g/mol. The average Bonchev–Trinajstić information content (AvgIpc) is 2.37. The van der Waals surface area contributed by atoms with E-state index < -0.39 is 0 Å². The number of carbonyl (C=O) groups excluding carboxylic acids is 1. The molecule has 1 amide bonds. The van der Waals surface area contributed by atoms with Gasteiger partial charge in [0.05, 0.1) is 5.56 Å². The first-order valence-corrected chi connectivity index (χ1v) is 7.77.